The average Bonchev–Trinajstić information content (AvgIpc) is 3.29. The standard InChI is InChI=1S/C24H35N5O/c1-3-27(24(30)21-17-25-29(19-21)23-7-5-4-6-8-23)18-20-9-15-28(16-10-20)22-11-13-26(2)14-12-22/h4-8,17,19-20,22H,3,9-16,18H2,1-2H3. The average molecular weight is 410 g/mol. The Labute approximate surface area is 180 Å². The van der Waals surface area contributed by atoms with Crippen molar-refractivity contribution < 1.29 is 4.79 Å². The zero-order valence-electron chi connectivity index (χ0n) is 18.4. The van der Waals surface area contributed by atoms with Gasteiger partial charge in [0.25, 0.3) is 5.91 Å². The fourth-order valence-corrected chi connectivity index (χ4v) is 4.87. The molecule has 0 radical (unpaired) electrons. The number of likely N-dealkylation sites (tertiary alicyclic amines) is 2. The molecule has 2 aromatic rings. The van der Waals surface area contributed by atoms with Crippen LogP contribution < -0.4 is 0 Å². The number of nitrogens with zero attached hydrogens (tertiary/aromatic N) is 5. The first kappa shape index (κ1) is 21.1. The van der Waals surface area contributed by atoms with Crippen LogP contribution in [-0.4, -0.2) is 82.7 Å². The van der Waals surface area contributed by atoms with Crippen molar-refractivity contribution in [2.24, 2.45) is 5.92 Å². The lowest BCUT2D eigenvalue weighted by Crippen LogP contribution is -2.48. The van der Waals surface area contributed by atoms with E-state index in [1.54, 1.807) is 10.9 Å². The van der Waals surface area contributed by atoms with E-state index >= 15 is 0 Å². The summed E-state index contributed by atoms with van der Waals surface area (Å²) in [6, 6.07) is 10.7. The highest BCUT2D eigenvalue weighted by Gasteiger charge is 2.29. The molecule has 3 heterocycles. The van der Waals surface area contributed by atoms with Crippen LogP contribution in [-0.2, 0) is 0 Å². The molecule has 6 heteroatoms. The van der Waals surface area contributed by atoms with Gasteiger partial charge in [-0.15, -0.1) is 0 Å². The minimum absolute atomic E-state index is 0.0948. The van der Waals surface area contributed by atoms with Gasteiger partial charge in [-0.2, -0.15) is 5.10 Å². The van der Waals surface area contributed by atoms with Crippen molar-refractivity contribution in [1.29, 1.82) is 0 Å². The van der Waals surface area contributed by atoms with Crippen LogP contribution in [0.2, 0.25) is 0 Å². The first-order chi connectivity index (χ1) is 14.6. The van der Waals surface area contributed by atoms with Crippen LogP contribution >= 0.6 is 0 Å². The third kappa shape index (κ3) is 4.93. The van der Waals surface area contributed by atoms with Crippen molar-refractivity contribution in [2.75, 3.05) is 46.3 Å². The molecule has 0 saturated carbocycles. The Hall–Kier alpha value is -2.18. The van der Waals surface area contributed by atoms with Gasteiger partial charge in [0.15, 0.2) is 0 Å². The molecule has 2 fully saturated rings. The summed E-state index contributed by atoms with van der Waals surface area (Å²) in [5, 5.41) is 4.40. The highest BCUT2D eigenvalue weighted by atomic mass is 16.2. The van der Waals surface area contributed by atoms with E-state index in [1.807, 2.05) is 41.4 Å². The molecule has 0 atom stereocenters. The maximum absolute atomic E-state index is 13.1. The molecule has 2 aliphatic heterocycles. The SMILES string of the molecule is CCN(CC1CCN(C2CCN(C)CC2)CC1)C(=O)c1cnn(-c2ccccc2)c1. The lowest BCUT2D eigenvalue weighted by Gasteiger charge is -2.41. The van der Waals surface area contributed by atoms with Crippen molar-refractivity contribution in [3.8, 4) is 5.69 Å². The summed E-state index contributed by atoms with van der Waals surface area (Å²) < 4.78 is 1.78. The van der Waals surface area contributed by atoms with Gasteiger partial charge in [0.1, 0.15) is 0 Å². The molecule has 0 aliphatic carbocycles. The van der Waals surface area contributed by atoms with Crippen LogP contribution in [0.15, 0.2) is 42.7 Å². The second-order valence-corrected chi connectivity index (χ2v) is 8.87. The lowest BCUT2D eigenvalue weighted by atomic mass is 9.93. The van der Waals surface area contributed by atoms with Crippen LogP contribution in [0.25, 0.3) is 5.69 Å². The van der Waals surface area contributed by atoms with Crippen LogP contribution in [0, 0.1) is 5.92 Å². The molecule has 30 heavy (non-hydrogen) atoms. The zero-order valence-corrected chi connectivity index (χ0v) is 18.4. The number of piperidine rings is 2. The summed E-state index contributed by atoms with van der Waals surface area (Å²) in [7, 11) is 2.22. The summed E-state index contributed by atoms with van der Waals surface area (Å²) in [5.74, 6) is 0.693. The van der Waals surface area contributed by atoms with Gasteiger partial charge in [0.2, 0.25) is 0 Å². The molecular weight excluding hydrogens is 374 g/mol. The number of rotatable bonds is 6. The number of para-hydroxylation sites is 1. The number of carbonyl (C=O) groups is 1. The van der Waals surface area contributed by atoms with Gasteiger partial charge in [-0.3, -0.25) is 4.79 Å². The highest BCUT2D eigenvalue weighted by Crippen LogP contribution is 2.24. The Morgan fingerprint density at radius 1 is 1.07 bits per heavy atom. The normalized spacial score (nSPS) is 19.8. The smallest absolute Gasteiger partial charge is 0.257 e. The van der Waals surface area contributed by atoms with E-state index in [0.29, 0.717) is 11.5 Å². The topological polar surface area (TPSA) is 44.6 Å². The fraction of sp³-hybridized carbons (Fsp3) is 0.583. The van der Waals surface area contributed by atoms with Crippen molar-refractivity contribution >= 4 is 5.91 Å². The van der Waals surface area contributed by atoms with Gasteiger partial charge in [0.05, 0.1) is 17.4 Å². The third-order valence-corrected chi connectivity index (χ3v) is 6.85. The maximum atomic E-state index is 13.1. The molecule has 0 N–H and O–H groups in total. The fourth-order valence-electron chi connectivity index (χ4n) is 4.87. The van der Waals surface area contributed by atoms with Crippen molar-refractivity contribution in [2.45, 2.75) is 38.6 Å². The Kier molecular flexibility index (Phi) is 6.85. The second-order valence-electron chi connectivity index (χ2n) is 8.87. The van der Waals surface area contributed by atoms with E-state index in [-0.39, 0.29) is 5.91 Å². The van der Waals surface area contributed by atoms with Gasteiger partial charge in [-0.25, -0.2) is 4.68 Å². The second kappa shape index (κ2) is 9.75. The molecule has 0 unspecified atom stereocenters. The maximum Gasteiger partial charge on any atom is 0.257 e. The molecule has 0 spiro atoms. The molecule has 162 valence electrons. The number of aromatic nitrogens is 2. The summed E-state index contributed by atoms with van der Waals surface area (Å²) in [4.78, 5) is 20.2. The summed E-state index contributed by atoms with van der Waals surface area (Å²) >= 11 is 0. The van der Waals surface area contributed by atoms with E-state index in [0.717, 1.165) is 24.8 Å². The first-order valence-electron chi connectivity index (χ1n) is 11.5. The van der Waals surface area contributed by atoms with Gasteiger partial charge in [-0.1, -0.05) is 18.2 Å². The summed E-state index contributed by atoms with van der Waals surface area (Å²) in [5.41, 5.74) is 1.64. The van der Waals surface area contributed by atoms with Gasteiger partial charge in [0, 0.05) is 25.3 Å². The number of hydrogen-bond donors (Lipinski definition) is 0. The third-order valence-electron chi connectivity index (χ3n) is 6.85. The van der Waals surface area contributed by atoms with Crippen molar-refractivity contribution in [1.82, 2.24) is 24.5 Å². The Morgan fingerprint density at radius 3 is 2.43 bits per heavy atom. The minimum atomic E-state index is 0.0948. The number of hydrogen-bond acceptors (Lipinski definition) is 4. The van der Waals surface area contributed by atoms with Crippen molar-refractivity contribution in [3.63, 3.8) is 0 Å². The Balaban J connectivity index is 1.31. The van der Waals surface area contributed by atoms with E-state index in [2.05, 4.69) is 28.9 Å². The predicted molar refractivity (Wildman–Crippen MR) is 120 cm³/mol. The van der Waals surface area contributed by atoms with E-state index in [1.165, 1.54) is 51.9 Å². The quantitative estimate of drug-likeness (QED) is 0.735. The number of benzene rings is 1. The van der Waals surface area contributed by atoms with Crippen LogP contribution in [0.3, 0.4) is 0 Å². The molecular formula is C24H35N5O. The van der Waals surface area contributed by atoms with Crippen LogP contribution in [0.4, 0.5) is 0 Å². The molecule has 1 aromatic carbocycles. The lowest BCUT2D eigenvalue weighted by molar-refractivity contribution is 0.0611. The minimum Gasteiger partial charge on any atom is -0.339 e. The van der Waals surface area contributed by atoms with E-state index in [4.69, 9.17) is 0 Å². The number of amides is 1. The molecule has 4 rings (SSSR count). The number of carbonyl (C=O) groups excluding carboxylic acids is 1. The molecule has 1 aromatic heterocycles. The largest absolute Gasteiger partial charge is 0.339 e. The summed E-state index contributed by atoms with van der Waals surface area (Å²) in [6.45, 7) is 8.47. The molecule has 6 nitrogen and oxygen atoms in total. The van der Waals surface area contributed by atoms with Crippen LogP contribution in [0.5, 0.6) is 0 Å². The van der Waals surface area contributed by atoms with E-state index in [9.17, 15) is 4.79 Å². The van der Waals surface area contributed by atoms with Gasteiger partial charge >= 0.3 is 0 Å². The van der Waals surface area contributed by atoms with E-state index < -0.39 is 0 Å². The highest BCUT2D eigenvalue weighted by molar-refractivity contribution is 5.93. The van der Waals surface area contributed by atoms with Gasteiger partial charge < -0.3 is 14.7 Å². The van der Waals surface area contributed by atoms with Crippen molar-refractivity contribution in [3.05, 3.63) is 48.3 Å². The predicted octanol–water partition coefficient (Wildman–Crippen LogP) is 3.14. The van der Waals surface area contributed by atoms with Gasteiger partial charge in [-0.05, 0) is 83.9 Å². The summed E-state index contributed by atoms with van der Waals surface area (Å²) in [6.07, 6.45) is 8.53. The molecule has 2 aliphatic rings. The monoisotopic (exact) mass is 409 g/mol. The molecule has 0 bridgehead atoms. The Bertz CT molecular complexity index is 804. The van der Waals surface area contributed by atoms with Crippen LogP contribution in [0.1, 0.15) is 43.0 Å². The molecule has 2 saturated heterocycles. The zero-order chi connectivity index (χ0) is 20.9. The Morgan fingerprint density at radius 2 is 1.77 bits per heavy atom. The molecule has 1 amide bonds. The first-order valence-corrected chi connectivity index (χ1v) is 11.5.